The molecule has 2 aliphatic carbocycles. The second kappa shape index (κ2) is 10.9. The van der Waals surface area contributed by atoms with Gasteiger partial charge in [0.1, 0.15) is 6.04 Å². The number of benzene rings is 2. The SMILES string of the molecule is CC1(C)CCC(CN2CCN(C3(c4ccc5c(c4)CN(C4CCC(=O)NC4=O)C5=O)CC3)CC2)=C(c2ccc(Cl)cc2)C1. The molecule has 0 radical (unpaired) electrons. The van der Waals surface area contributed by atoms with Crippen LogP contribution in [-0.4, -0.2) is 71.2 Å². The van der Waals surface area contributed by atoms with Gasteiger partial charge in [0, 0.05) is 61.8 Å². The van der Waals surface area contributed by atoms with Gasteiger partial charge in [-0.15, -0.1) is 0 Å². The summed E-state index contributed by atoms with van der Waals surface area (Å²) in [5.41, 5.74) is 7.75. The first kappa shape index (κ1) is 28.8. The smallest absolute Gasteiger partial charge is 0.255 e. The minimum Gasteiger partial charge on any atom is -0.322 e. The normalized spacial score (nSPS) is 25.6. The fourth-order valence-corrected chi connectivity index (χ4v) is 7.96. The number of hydrogen-bond acceptors (Lipinski definition) is 5. The van der Waals surface area contributed by atoms with Crippen LogP contribution in [-0.2, 0) is 21.7 Å². The number of imide groups is 1. The molecule has 1 N–H and O–H groups in total. The van der Waals surface area contributed by atoms with Gasteiger partial charge in [-0.05, 0) is 84.4 Å². The third kappa shape index (κ3) is 5.45. The Morgan fingerprint density at radius 1 is 0.930 bits per heavy atom. The Labute approximate surface area is 259 Å². The first-order valence-electron chi connectivity index (χ1n) is 15.8. The Kier molecular flexibility index (Phi) is 7.26. The van der Waals surface area contributed by atoms with Crippen LogP contribution in [0.4, 0.5) is 0 Å². The predicted molar refractivity (Wildman–Crippen MR) is 167 cm³/mol. The monoisotopic (exact) mass is 600 g/mol. The quantitative estimate of drug-likeness (QED) is 0.451. The highest BCUT2D eigenvalue weighted by Crippen LogP contribution is 2.52. The van der Waals surface area contributed by atoms with E-state index in [2.05, 4.69) is 53.2 Å². The van der Waals surface area contributed by atoms with E-state index in [1.165, 1.54) is 23.1 Å². The highest BCUT2D eigenvalue weighted by atomic mass is 35.5. The molecule has 7 nitrogen and oxygen atoms in total. The molecule has 2 aromatic rings. The van der Waals surface area contributed by atoms with Crippen molar-refractivity contribution in [2.24, 2.45) is 5.41 Å². The third-order valence-electron chi connectivity index (χ3n) is 10.6. The molecule has 7 rings (SSSR count). The molecule has 3 fully saturated rings. The number of hydrogen-bond donors (Lipinski definition) is 1. The van der Waals surface area contributed by atoms with Crippen LogP contribution >= 0.6 is 11.6 Å². The van der Waals surface area contributed by atoms with Crippen LogP contribution in [0.1, 0.15) is 85.8 Å². The number of carbonyl (C=O) groups is 3. The van der Waals surface area contributed by atoms with Crippen molar-refractivity contribution in [3.63, 3.8) is 0 Å². The molecule has 5 aliphatic rings. The van der Waals surface area contributed by atoms with E-state index < -0.39 is 6.04 Å². The topological polar surface area (TPSA) is 73.0 Å². The lowest BCUT2D eigenvalue weighted by Gasteiger charge is -2.41. The van der Waals surface area contributed by atoms with Crippen molar-refractivity contribution in [1.29, 1.82) is 0 Å². The van der Waals surface area contributed by atoms with E-state index in [0.29, 0.717) is 23.9 Å². The summed E-state index contributed by atoms with van der Waals surface area (Å²) >= 11 is 6.21. The molecule has 0 spiro atoms. The number of piperazine rings is 1. The number of allylic oxidation sites excluding steroid dienone is 1. The van der Waals surface area contributed by atoms with Gasteiger partial charge in [0.15, 0.2) is 0 Å². The molecule has 0 aromatic heterocycles. The maximum Gasteiger partial charge on any atom is 0.255 e. The molecule has 8 heteroatoms. The van der Waals surface area contributed by atoms with E-state index in [9.17, 15) is 14.4 Å². The van der Waals surface area contributed by atoms with Gasteiger partial charge >= 0.3 is 0 Å². The van der Waals surface area contributed by atoms with Crippen LogP contribution in [0, 0.1) is 5.41 Å². The number of fused-ring (bicyclic) bond motifs is 1. The predicted octanol–water partition coefficient (Wildman–Crippen LogP) is 5.37. The molecule has 1 saturated carbocycles. The largest absolute Gasteiger partial charge is 0.322 e. The summed E-state index contributed by atoms with van der Waals surface area (Å²) in [6.07, 6.45) is 6.42. The summed E-state index contributed by atoms with van der Waals surface area (Å²) in [5, 5.41) is 3.18. The van der Waals surface area contributed by atoms with E-state index in [1.807, 2.05) is 18.2 Å². The van der Waals surface area contributed by atoms with Gasteiger partial charge in [-0.2, -0.15) is 0 Å². The lowest BCUT2D eigenvalue weighted by atomic mass is 9.72. The minimum atomic E-state index is -0.574. The third-order valence-corrected chi connectivity index (χ3v) is 10.8. The molecule has 3 heterocycles. The Morgan fingerprint density at radius 3 is 2.37 bits per heavy atom. The van der Waals surface area contributed by atoms with Gasteiger partial charge < -0.3 is 4.90 Å². The second-order valence-corrected chi connectivity index (χ2v) is 14.4. The molecular formula is C35H41ClN4O3. The van der Waals surface area contributed by atoms with Crippen molar-refractivity contribution in [1.82, 2.24) is 20.0 Å². The first-order chi connectivity index (χ1) is 20.6. The van der Waals surface area contributed by atoms with E-state index in [0.717, 1.165) is 69.0 Å². The Morgan fingerprint density at radius 2 is 1.67 bits per heavy atom. The minimum absolute atomic E-state index is 0.0504. The van der Waals surface area contributed by atoms with Crippen molar-refractivity contribution in [2.45, 2.75) is 76.9 Å². The Bertz CT molecular complexity index is 1500. The number of halogens is 1. The van der Waals surface area contributed by atoms with Gasteiger partial charge in [0.2, 0.25) is 11.8 Å². The molecule has 3 aliphatic heterocycles. The number of carbonyl (C=O) groups excluding carboxylic acids is 3. The highest BCUT2D eigenvalue weighted by Gasteiger charge is 2.50. The van der Waals surface area contributed by atoms with E-state index >= 15 is 0 Å². The van der Waals surface area contributed by atoms with Gasteiger partial charge in [0.25, 0.3) is 5.91 Å². The van der Waals surface area contributed by atoms with E-state index in [1.54, 1.807) is 10.5 Å². The van der Waals surface area contributed by atoms with Gasteiger partial charge in [-0.1, -0.05) is 55.3 Å². The van der Waals surface area contributed by atoms with Crippen molar-refractivity contribution in [3.8, 4) is 0 Å². The van der Waals surface area contributed by atoms with Gasteiger partial charge in [-0.3, -0.25) is 29.5 Å². The van der Waals surface area contributed by atoms with Crippen molar-refractivity contribution < 1.29 is 14.4 Å². The zero-order chi connectivity index (χ0) is 29.9. The number of nitrogens with one attached hydrogen (secondary N) is 1. The summed E-state index contributed by atoms with van der Waals surface area (Å²) in [5.74, 6) is -0.722. The first-order valence-corrected chi connectivity index (χ1v) is 16.2. The average Bonchev–Trinajstić information content (AvgIpc) is 3.73. The molecule has 2 aromatic carbocycles. The number of piperidine rings is 1. The summed E-state index contributed by atoms with van der Waals surface area (Å²) < 4.78 is 0. The van der Waals surface area contributed by atoms with Crippen LogP contribution < -0.4 is 5.32 Å². The fraction of sp³-hybridized carbons (Fsp3) is 0.514. The number of amides is 3. The Hall–Kier alpha value is -3.00. The fourth-order valence-electron chi connectivity index (χ4n) is 7.84. The van der Waals surface area contributed by atoms with Gasteiger partial charge in [-0.25, -0.2) is 0 Å². The van der Waals surface area contributed by atoms with Crippen LogP contribution in [0.2, 0.25) is 5.02 Å². The lowest BCUT2D eigenvalue weighted by Crippen LogP contribution is -2.52. The van der Waals surface area contributed by atoms with Crippen molar-refractivity contribution in [3.05, 3.63) is 75.3 Å². The van der Waals surface area contributed by atoms with E-state index in [4.69, 9.17) is 11.6 Å². The van der Waals surface area contributed by atoms with Crippen LogP contribution in [0.25, 0.3) is 5.57 Å². The zero-order valence-electron chi connectivity index (χ0n) is 25.3. The zero-order valence-corrected chi connectivity index (χ0v) is 26.0. The lowest BCUT2D eigenvalue weighted by molar-refractivity contribution is -0.136. The van der Waals surface area contributed by atoms with Crippen LogP contribution in [0.15, 0.2) is 48.0 Å². The maximum atomic E-state index is 13.2. The molecule has 1 atom stereocenters. The van der Waals surface area contributed by atoms with Crippen molar-refractivity contribution in [2.75, 3.05) is 32.7 Å². The number of rotatable bonds is 6. The molecule has 3 amide bonds. The van der Waals surface area contributed by atoms with Crippen LogP contribution in [0.5, 0.6) is 0 Å². The van der Waals surface area contributed by atoms with Gasteiger partial charge in [0.05, 0.1) is 0 Å². The molecule has 226 valence electrons. The molecule has 1 unspecified atom stereocenters. The highest BCUT2D eigenvalue weighted by molar-refractivity contribution is 6.30. The maximum absolute atomic E-state index is 13.2. The molecular weight excluding hydrogens is 560 g/mol. The standard InChI is InChI=1S/C35H41ClN4O3/c1-34(2)12-11-24(29(20-34)23-3-6-27(36)7-4-23)21-38-15-17-39(18-16-38)35(13-14-35)26-5-8-28-25(19-26)22-40(33(28)43)30-9-10-31(41)37-32(30)42/h3-8,19,30H,9-18,20-22H2,1-2H3,(H,37,41,42). The second-order valence-electron chi connectivity index (χ2n) is 14.0. The van der Waals surface area contributed by atoms with E-state index in [-0.39, 0.29) is 29.7 Å². The summed E-state index contributed by atoms with van der Waals surface area (Å²) in [6.45, 7) is 10.4. The molecule has 0 bridgehead atoms. The summed E-state index contributed by atoms with van der Waals surface area (Å²) in [6, 6.07) is 14.1. The summed E-state index contributed by atoms with van der Waals surface area (Å²) in [4.78, 5) is 44.2. The molecule has 2 saturated heterocycles. The summed E-state index contributed by atoms with van der Waals surface area (Å²) in [7, 11) is 0. The average molecular weight is 601 g/mol. The van der Waals surface area contributed by atoms with Crippen LogP contribution in [0.3, 0.4) is 0 Å². The number of nitrogens with zero attached hydrogens (tertiary/aromatic N) is 3. The molecule has 43 heavy (non-hydrogen) atoms. The van der Waals surface area contributed by atoms with Crippen molar-refractivity contribution >= 4 is 34.9 Å². The Balaban J connectivity index is 1.03.